The Morgan fingerprint density at radius 3 is 2.74 bits per heavy atom. The fourth-order valence-electron chi connectivity index (χ4n) is 5.11. The molecule has 2 unspecified atom stereocenters. The average molecular weight is 477 g/mol. The van der Waals surface area contributed by atoms with Crippen LogP contribution in [0.5, 0.6) is 0 Å². The zero-order chi connectivity index (χ0) is 23.7. The van der Waals surface area contributed by atoms with Crippen LogP contribution in [0.1, 0.15) is 16.0 Å². The molecule has 7 nitrogen and oxygen atoms in total. The number of anilines is 2. The molecule has 176 valence electrons. The second-order valence-electron chi connectivity index (χ2n) is 9.04. The van der Waals surface area contributed by atoms with Crippen LogP contribution in [-0.2, 0) is 17.6 Å². The van der Waals surface area contributed by atoms with Crippen molar-refractivity contribution in [3.63, 3.8) is 0 Å². The number of piperazine rings is 1. The van der Waals surface area contributed by atoms with Crippen LogP contribution < -0.4 is 15.1 Å². The van der Waals surface area contributed by atoms with E-state index in [9.17, 15) is 14.9 Å². The monoisotopic (exact) mass is 476 g/mol. The van der Waals surface area contributed by atoms with Crippen LogP contribution in [-0.4, -0.2) is 43.1 Å². The molecular formula is C26H28N4O3S. The summed E-state index contributed by atoms with van der Waals surface area (Å²) in [6.45, 7) is 5.01. The molecule has 2 atom stereocenters. The van der Waals surface area contributed by atoms with Gasteiger partial charge in [-0.25, -0.2) is 0 Å². The number of nitro groups is 1. The highest BCUT2D eigenvalue weighted by atomic mass is 32.1. The fourth-order valence-corrected chi connectivity index (χ4v) is 5.82. The van der Waals surface area contributed by atoms with Crippen molar-refractivity contribution in [2.24, 2.45) is 5.92 Å². The number of carbonyl (C=O) groups is 1. The van der Waals surface area contributed by atoms with E-state index in [1.807, 2.05) is 17.5 Å². The minimum Gasteiger partial charge on any atom is -0.368 e. The Morgan fingerprint density at radius 2 is 2.00 bits per heavy atom. The topological polar surface area (TPSA) is 78.7 Å². The summed E-state index contributed by atoms with van der Waals surface area (Å²) in [5, 5.41) is 16.6. The number of fused-ring (bicyclic) bond motifs is 3. The largest absolute Gasteiger partial charge is 0.368 e. The van der Waals surface area contributed by atoms with Crippen LogP contribution in [0.3, 0.4) is 0 Å². The Morgan fingerprint density at radius 1 is 1.18 bits per heavy atom. The van der Waals surface area contributed by atoms with Gasteiger partial charge in [-0.1, -0.05) is 23.8 Å². The fraction of sp³-hybridized carbons (Fsp3) is 0.346. The SMILES string of the molecule is Cc1ccc(N2CCN3c4ccc([N+](=O)[O-])cc4CC(C(=O)NCCc4cccs4)C3C2)cc1. The standard InChI is InChI=1S/C26H28N4O3S/c1-18-4-6-20(7-5-18)28-12-13-29-24-9-8-21(30(32)33)15-19(24)16-23(25(29)17-28)26(31)27-11-10-22-3-2-14-34-22/h2-9,14-15,23,25H,10-13,16-17H2,1H3,(H,27,31). The molecule has 34 heavy (non-hydrogen) atoms. The number of benzene rings is 2. The van der Waals surface area contributed by atoms with Crippen molar-refractivity contribution >= 4 is 34.3 Å². The van der Waals surface area contributed by atoms with Crippen molar-refractivity contribution in [2.45, 2.75) is 25.8 Å². The first kappa shape index (κ1) is 22.4. The number of rotatable bonds is 6. The van der Waals surface area contributed by atoms with Crippen LogP contribution in [0, 0.1) is 23.0 Å². The maximum absolute atomic E-state index is 13.4. The molecule has 2 aliphatic rings. The van der Waals surface area contributed by atoms with Crippen molar-refractivity contribution in [3.05, 3.63) is 86.1 Å². The molecule has 0 aliphatic carbocycles. The van der Waals surface area contributed by atoms with E-state index >= 15 is 0 Å². The van der Waals surface area contributed by atoms with Crippen LogP contribution >= 0.6 is 11.3 Å². The summed E-state index contributed by atoms with van der Waals surface area (Å²) in [4.78, 5) is 30.3. The minimum absolute atomic E-state index is 0.00532. The van der Waals surface area contributed by atoms with Crippen molar-refractivity contribution in [1.82, 2.24) is 5.32 Å². The van der Waals surface area contributed by atoms with E-state index in [1.165, 1.54) is 10.4 Å². The van der Waals surface area contributed by atoms with Crippen molar-refractivity contribution in [2.75, 3.05) is 36.0 Å². The molecule has 0 saturated carbocycles. The highest BCUT2D eigenvalue weighted by Gasteiger charge is 2.42. The molecule has 3 heterocycles. The second-order valence-corrected chi connectivity index (χ2v) is 10.1. The number of nitro benzene ring substituents is 1. The van der Waals surface area contributed by atoms with E-state index in [0.717, 1.165) is 43.0 Å². The van der Waals surface area contributed by atoms with E-state index in [4.69, 9.17) is 0 Å². The third-order valence-electron chi connectivity index (χ3n) is 6.89. The number of carbonyl (C=O) groups excluding carboxylic acids is 1. The van der Waals surface area contributed by atoms with Crippen molar-refractivity contribution < 1.29 is 9.72 Å². The zero-order valence-corrected chi connectivity index (χ0v) is 20.0. The van der Waals surface area contributed by atoms with Crippen molar-refractivity contribution in [1.29, 1.82) is 0 Å². The van der Waals surface area contributed by atoms with Gasteiger partial charge >= 0.3 is 0 Å². The predicted octanol–water partition coefficient (Wildman–Crippen LogP) is 4.19. The zero-order valence-electron chi connectivity index (χ0n) is 19.1. The van der Waals surface area contributed by atoms with Gasteiger partial charge in [-0.2, -0.15) is 0 Å². The first-order valence-electron chi connectivity index (χ1n) is 11.7. The summed E-state index contributed by atoms with van der Waals surface area (Å²) in [7, 11) is 0. The first-order valence-corrected chi connectivity index (χ1v) is 12.5. The highest BCUT2D eigenvalue weighted by molar-refractivity contribution is 7.09. The quantitative estimate of drug-likeness (QED) is 0.426. The van der Waals surface area contributed by atoms with Crippen molar-refractivity contribution in [3.8, 4) is 0 Å². The first-order chi connectivity index (χ1) is 16.5. The molecule has 1 fully saturated rings. The van der Waals surface area contributed by atoms with Crippen LogP contribution in [0.2, 0.25) is 0 Å². The lowest BCUT2D eigenvalue weighted by molar-refractivity contribution is -0.384. The van der Waals surface area contributed by atoms with Gasteiger partial charge in [0.1, 0.15) is 0 Å². The number of thiophene rings is 1. The van der Waals surface area contributed by atoms with Crippen LogP contribution in [0.15, 0.2) is 60.0 Å². The number of hydrogen-bond donors (Lipinski definition) is 1. The summed E-state index contributed by atoms with van der Waals surface area (Å²) < 4.78 is 0. The molecule has 0 bridgehead atoms. The average Bonchev–Trinajstić information content (AvgIpc) is 3.36. The normalized spacial score (nSPS) is 19.3. The third-order valence-corrected chi connectivity index (χ3v) is 7.83. The molecule has 3 aromatic rings. The van der Waals surface area contributed by atoms with Gasteiger partial charge in [0.05, 0.1) is 16.9 Å². The van der Waals surface area contributed by atoms with E-state index in [2.05, 4.69) is 52.4 Å². The molecule has 1 saturated heterocycles. The molecule has 1 N–H and O–H groups in total. The maximum atomic E-state index is 13.4. The van der Waals surface area contributed by atoms with Crippen LogP contribution in [0.4, 0.5) is 17.1 Å². The molecule has 1 aromatic heterocycles. The van der Waals surface area contributed by atoms with Gasteiger partial charge in [-0.15, -0.1) is 11.3 Å². The summed E-state index contributed by atoms with van der Waals surface area (Å²) in [5.74, 6) is -0.249. The lowest BCUT2D eigenvalue weighted by atomic mass is 9.83. The molecule has 5 rings (SSSR count). The molecular weight excluding hydrogens is 448 g/mol. The smallest absolute Gasteiger partial charge is 0.269 e. The highest BCUT2D eigenvalue weighted by Crippen LogP contribution is 2.38. The molecule has 2 aromatic carbocycles. The Balaban J connectivity index is 1.40. The Labute approximate surface area is 203 Å². The van der Waals surface area contributed by atoms with Crippen LogP contribution in [0.25, 0.3) is 0 Å². The van der Waals surface area contributed by atoms with Gasteiger partial charge in [-0.3, -0.25) is 14.9 Å². The van der Waals surface area contributed by atoms with Gasteiger partial charge in [0.25, 0.3) is 5.69 Å². The van der Waals surface area contributed by atoms with Gasteiger partial charge < -0.3 is 15.1 Å². The minimum atomic E-state index is -0.363. The Bertz CT molecular complexity index is 1180. The second kappa shape index (κ2) is 9.46. The van der Waals surface area contributed by atoms with Gasteiger partial charge in [0.15, 0.2) is 0 Å². The van der Waals surface area contributed by atoms with E-state index in [-0.39, 0.29) is 28.5 Å². The molecule has 1 amide bonds. The molecule has 0 radical (unpaired) electrons. The third kappa shape index (κ3) is 4.50. The lowest BCUT2D eigenvalue weighted by Gasteiger charge is -2.49. The summed E-state index contributed by atoms with van der Waals surface area (Å²) >= 11 is 1.69. The van der Waals surface area contributed by atoms with E-state index < -0.39 is 0 Å². The number of aryl methyl sites for hydroxylation is 1. The van der Waals surface area contributed by atoms with E-state index in [1.54, 1.807) is 23.5 Å². The lowest BCUT2D eigenvalue weighted by Crippen LogP contribution is -2.61. The Kier molecular flexibility index (Phi) is 6.24. The van der Waals surface area contributed by atoms with Gasteiger partial charge in [0.2, 0.25) is 5.91 Å². The van der Waals surface area contributed by atoms with Gasteiger partial charge in [0, 0.05) is 54.6 Å². The van der Waals surface area contributed by atoms with Gasteiger partial charge in [-0.05, 0) is 55.0 Å². The Hall–Kier alpha value is -3.39. The van der Waals surface area contributed by atoms with E-state index in [0.29, 0.717) is 13.0 Å². The summed E-state index contributed by atoms with van der Waals surface area (Å²) in [6, 6.07) is 17.7. The number of nitrogens with zero attached hydrogens (tertiary/aromatic N) is 3. The summed E-state index contributed by atoms with van der Waals surface area (Å²) in [6.07, 6.45) is 1.31. The predicted molar refractivity (Wildman–Crippen MR) is 136 cm³/mol. The number of nitrogens with one attached hydrogen (secondary N) is 1. The number of amides is 1. The molecule has 8 heteroatoms. The maximum Gasteiger partial charge on any atom is 0.269 e. The molecule has 0 spiro atoms. The molecule has 2 aliphatic heterocycles. The summed E-state index contributed by atoms with van der Waals surface area (Å²) in [5.41, 5.74) is 4.36. The number of hydrogen-bond acceptors (Lipinski definition) is 6. The number of non-ortho nitro benzene ring substituents is 1.